The summed E-state index contributed by atoms with van der Waals surface area (Å²) in [6, 6.07) is 9.15. The molecule has 0 saturated carbocycles. The number of benzene rings is 1. The molecule has 2 N–H and O–H groups in total. The monoisotopic (exact) mass is 384 g/mol. The second-order valence-electron chi connectivity index (χ2n) is 7.82. The molecule has 5 nitrogen and oxygen atoms in total. The molecule has 3 rings (SSSR count). The molecule has 0 aliphatic carbocycles. The lowest BCUT2D eigenvalue weighted by Gasteiger charge is -2.34. The zero-order valence-corrected chi connectivity index (χ0v) is 16.8. The van der Waals surface area contributed by atoms with Crippen LogP contribution in [-0.2, 0) is 0 Å². The Morgan fingerprint density at radius 2 is 2.00 bits per heavy atom. The first-order chi connectivity index (χ1) is 13.4. The smallest absolute Gasteiger partial charge is 0.258 e. The van der Waals surface area contributed by atoms with E-state index in [1.54, 1.807) is 0 Å². The van der Waals surface area contributed by atoms with Crippen molar-refractivity contribution >= 4 is 17.4 Å². The van der Waals surface area contributed by atoms with Crippen molar-refractivity contribution in [2.45, 2.75) is 39.7 Å². The van der Waals surface area contributed by atoms with Gasteiger partial charge in [-0.3, -0.25) is 4.79 Å². The first-order valence-corrected chi connectivity index (χ1v) is 9.94. The molecule has 2 heterocycles. The Balaban J connectivity index is 1.64. The fourth-order valence-electron chi connectivity index (χ4n) is 3.56. The lowest BCUT2D eigenvalue weighted by Crippen LogP contribution is -2.39. The number of rotatable bonds is 6. The third-order valence-corrected chi connectivity index (χ3v) is 5.35. The minimum absolute atomic E-state index is 0.250. The van der Waals surface area contributed by atoms with Crippen LogP contribution in [0.5, 0.6) is 0 Å². The van der Waals surface area contributed by atoms with Crippen LogP contribution >= 0.6 is 0 Å². The van der Waals surface area contributed by atoms with Crippen molar-refractivity contribution in [1.82, 2.24) is 9.88 Å². The number of anilines is 2. The molecule has 0 unspecified atom stereocenters. The highest BCUT2D eigenvalue weighted by molar-refractivity contribution is 6.07. The highest BCUT2D eigenvalue weighted by atomic mass is 19.1. The van der Waals surface area contributed by atoms with E-state index in [-0.39, 0.29) is 5.91 Å². The lowest BCUT2D eigenvalue weighted by molar-refractivity contribution is 0.102. The molecule has 1 saturated heterocycles. The summed E-state index contributed by atoms with van der Waals surface area (Å²) >= 11 is 0. The van der Waals surface area contributed by atoms with Crippen molar-refractivity contribution in [3.63, 3.8) is 0 Å². The van der Waals surface area contributed by atoms with E-state index >= 15 is 0 Å². The number of hydrogen-bond acceptors (Lipinski definition) is 4. The van der Waals surface area contributed by atoms with Gasteiger partial charge in [0.25, 0.3) is 5.91 Å². The molecule has 0 bridgehead atoms. The molecular weight excluding hydrogens is 355 g/mol. The van der Waals surface area contributed by atoms with Crippen LogP contribution in [0.15, 0.2) is 36.5 Å². The number of nitrogens with one attached hydrogen (secondary N) is 2. The summed E-state index contributed by atoms with van der Waals surface area (Å²) in [7, 11) is 0. The van der Waals surface area contributed by atoms with Crippen molar-refractivity contribution < 1.29 is 9.18 Å². The maximum atomic E-state index is 13.0. The molecule has 1 fully saturated rings. The zero-order chi connectivity index (χ0) is 20.1. The molecule has 6 heteroatoms. The Bertz CT molecular complexity index is 799. The number of amides is 1. The number of halogens is 1. The molecular formula is C22H29FN4O. The summed E-state index contributed by atoms with van der Waals surface area (Å²) < 4.78 is 13.0. The van der Waals surface area contributed by atoms with Gasteiger partial charge in [-0.1, -0.05) is 11.6 Å². The van der Waals surface area contributed by atoms with Crippen molar-refractivity contribution in [2.75, 3.05) is 30.3 Å². The van der Waals surface area contributed by atoms with E-state index in [0.717, 1.165) is 49.9 Å². The number of hydrogen-bond donors (Lipinski definition) is 2. The maximum absolute atomic E-state index is 13.0. The van der Waals surface area contributed by atoms with E-state index in [0.29, 0.717) is 23.3 Å². The molecule has 0 atom stereocenters. The fraction of sp³-hybridized carbons (Fsp3) is 0.455. The molecule has 1 aromatic carbocycles. The summed E-state index contributed by atoms with van der Waals surface area (Å²) in [5, 5.41) is 6.22. The van der Waals surface area contributed by atoms with Crippen LogP contribution in [0.4, 0.5) is 15.9 Å². The van der Waals surface area contributed by atoms with Gasteiger partial charge in [-0.2, -0.15) is 0 Å². The SMILES string of the molecule is Cc1ccc(NCC2CCN(C(C)C)CC2)c(C(=O)Nc2ccc(F)cn2)c1. The van der Waals surface area contributed by atoms with Crippen LogP contribution in [0.1, 0.15) is 42.6 Å². The summed E-state index contributed by atoms with van der Waals surface area (Å²) in [5.41, 5.74) is 2.40. The zero-order valence-electron chi connectivity index (χ0n) is 16.8. The Morgan fingerprint density at radius 3 is 2.64 bits per heavy atom. The fourth-order valence-corrected chi connectivity index (χ4v) is 3.56. The highest BCUT2D eigenvalue weighted by Gasteiger charge is 2.21. The second kappa shape index (κ2) is 9.15. The number of pyridine rings is 1. The van der Waals surface area contributed by atoms with Gasteiger partial charge in [-0.05, 0) is 76.9 Å². The average molecular weight is 384 g/mol. The molecule has 1 amide bonds. The first-order valence-electron chi connectivity index (χ1n) is 9.94. The van der Waals surface area contributed by atoms with E-state index in [4.69, 9.17) is 0 Å². The quantitative estimate of drug-likeness (QED) is 0.779. The van der Waals surface area contributed by atoms with Crippen LogP contribution < -0.4 is 10.6 Å². The number of piperidine rings is 1. The molecule has 0 radical (unpaired) electrons. The van der Waals surface area contributed by atoms with Crippen LogP contribution in [0.3, 0.4) is 0 Å². The van der Waals surface area contributed by atoms with Gasteiger partial charge in [0.05, 0.1) is 11.8 Å². The van der Waals surface area contributed by atoms with Crippen LogP contribution in [0, 0.1) is 18.7 Å². The van der Waals surface area contributed by atoms with E-state index in [9.17, 15) is 9.18 Å². The molecule has 0 spiro atoms. The Morgan fingerprint density at radius 1 is 1.25 bits per heavy atom. The van der Waals surface area contributed by atoms with Crippen molar-refractivity contribution in [3.05, 3.63) is 53.5 Å². The van der Waals surface area contributed by atoms with Crippen molar-refractivity contribution in [3.8, 4) is 0 Å². The Labute approximate surface area is 166 Å². The standard InChI is InChI=1S/C22H29FN4O/c1-15(2)27-10-8-17(9-11-27)13-24-20-6-4-16(3)12-19(20)22(28)26-21-7-5-18(23)14-25-21/h4-7,12,14-15,17,24H,8-11,13H2,1-3H3,(H,25,26,28). The second-order valence-corrected chi connectivity index (χ2v) is 7.82. The summed E-state index contributed by atoms with van der Waals surface area (Å²) in [6.45, 7) is 9.54. The maximum Gasteiger partial charge on any atom is 0.258 e. The largest absolute Gasteiger partial charge is 0.384 e. The van der Waals surface area contributed by atoms with Crippen LogP contribution in [0.2, 0.25) is 0 Å². The van der Waals surface area contributed by atoms with E-state index < -0.39 is 5.82 Å². The lowest BCUT2D eigenvalue weighted by atomic mass is 9.95. The predicted octanol–water partition coefficient (Wildman–Crippen LogP) is 4.31. The Kier molecular flexibility index (Phi) is 6.62. The van der Waals surface area contributed by atoms with E-state index in [1.165, 1.54) is 12.1 Å². The minimum Gasteiger partial charge on any atom is -0.384 e. The molecule has 1 aromatic heterocycles. The molecule has 150 valence electrons. The van der Waals surface area contributed by atoms with Crippen molar-refractivity contribution in [1.29, 1.82) is 0 Å². The summed E-state index contributed by atoms with van der Waals surface area (Å²) in [6.07, 6.45) is 3.42. The van der Waals surface area contributed by atoms with Gasteiger partial charge in [-0.25, -0.2) is 9.37 Å². The summed E-state index contributed by atoms with van der Waals surface area (Å²) in [5.74, 6) is 0.255. The summed E-state index contributed by atoms with van der Waals surface area (Å²) in [4.78, 5) is 19.2. The number of aryl methyl sites for hydroxylation is 1. The third kappa shape index (κ3) is 5.29. The number of carbonyl (C=O) groups excluding carboxylic acids is 1. The third-order valence-electron chi connectivity index (χ3n) is 5.35. The van der Waals surface area contributed by atoms with Gasteiger partial charge < -0.3 is 15.5 Å². The Hall–Kier alpha value is -2.47. The van der Waals surface area contributed by atoms with Crippen molar-refractivity contribution in [2.24, 2.45) is 5.92 Å². The van der Waals surface area contributed by atoms with E-state index in [1.807, 2.05) is 25.1 Å². The van der Waals surface area contributed by atoms with Gasteiger partial charge >= 0.3 is 0 Å². The number of aromatic nitrogens is 1. The van der Waals surface area contributed by atoms with Crippen LogP contribution in [-0.4, -0.2) is 41.5 Å². The molecule has 28 heavy (non-hydrogen) atoms. The molecule has 1 aliphatic heterocycles. The molecule has 2 aromatic rings. The van der Waals surface area contributed by atoms with Gasteiger partial charge in [0, 0.05) is 18.3 Å². The minimum atomic E-state index is -0.431. The van der Waals surface area contributed by atoms with Gasteiger partial charge in [-0.15, -0.1) is 0 Å². The van der Waals surface area contributed by atoms with Gasteiger partial charge in [0.2, 0.25) is 0 Å². The van der Waals surface area contributed by atoms with Gasteiger partial charge in [0.15, 0.2) is 0 Å². The van der Waals surface area contributed by atoms with Crippen LogP contribution in [0.25, 0.3) is 0 Å². The number of carbonyl (C=O) groups is 1. The normalized spacial score (nSPS) is 15.6. The topological polar surface area (TPSA) is 57.3 Å². The predicted molar refractivity (Wildman–Crippen MR) is 111 cm³/mol. The number of likely N-dealkylation sites (tertiary alicyclic amines) is 1. The average Bonchev–Trinajstić information content (AvgIpc) is 2.69. The first kappa shape index (κ1) is 20.3. The number of nitrogens with zero attached hydrogens (tertiary/aromatic N) is 2. The van der Waals surface area contributed by atoms with E-state index in [2.05, 4.69) is 34.4 Å². The van der Waals surface area contributed by atoms with Gasteiger partial charge in [0.1, 0.15) is 11.6 Å². The molecule has 1 aliphatic rings. The highest BCUT2D eigenvalue weighted by Crippen LogP contribution is 2.23.